The van der Waals surface area contributed by atoms with Crippen LogP contribution < -0.4 is 5.32 Å². The molecule has 0 spiro atoms. The van der Waals surface area contributed by atoms with E-state index in [1.54, 1.807) is 0 Å². The SMILES string of the molecule is CC1CCNC(C2CC2)CN1CCCn1ccnc1. The zero-order chi connectivity index (χ0) is 13.1. The third-order valence-electron chi connectivity index (χ3n) is 4.64. The van der Waals surface area contributed by atoms with E-state index in [4.69, 9.17) is 0 Å². The van der Waals surface area contributed by atoms with Crippen molar-refractivity contribution in [3.63, 3.8) is 0 Å². The van der Waals surface area contributed by atoms with E-state index in [0.717, 1.165) is 24.5 Å². The molecule has 1 aliphatic carbocycles. The van der Waals surface area contributed by atoms with E-state index < -0.39 is 0 Å². The molecule has 2 aliphatic rings. The van der Waals surface area contributed by atoms with E-state index in [0.29, 0.717) is 0 Å². The van der Waals surface area contributed by atoms with Crippen molar-refractivity contribution in [2.24, 2.45) is 5.92 Å². The highest BCUT2D eigenvalue weighted by atomic mass is 15.2. The molecule has 2 atom stereocenters. The lowest BCUT2D eigenvalue weighted by Crippen LogP contribution is -2.41. The van der Waals surface area contributed by atoms with Gasteiger partial charge in [0.2, 0.25) is 0 Å². The van der Waals surface area contributed by atoms with Crippen LogP contribution in [-0.4, -0.2) is 46.2 Å². The number of hydrogen-bond donors (Lipinski definition) is 1. The number of rotatable bonds is 5. The van der Waals surface area contributed by atoms with Gasteiger partial charge in [0.05, 0.1) is 6.33 Å². The molecule has 1 N–H and O–H groups in total. The quantitative estimate of drug-likeness (QED) is 0.877. The van der Waals surface area contributed by atoms with Crippen LogP contribution in [0, 0.1) is 5.92 Å². The highest BCUT2D eigenvalue weighted by Gasteiger charge is 2.34. The van der Waals surface area contributed by atoms with Crippen LogP contribution in [-0.2, 0) is 6.54 Å². The summed E-state index contributed by atoms with van der Waals surface area (Å²) in [6, 6.07) is 1.47. The first kappa shape index (κ1) is 13.1. The number of hydrogen-bond acceptors (Lipinski definition) is 3. The van der Waals surface area contributed by atoms with Crippen LogP contribution >= 0.6 is 0 Å². The van der Waals surface area contributed by atoms with Crippen molar-refractivity contribution >= 4 is 0 Å². The van der Waals surface area contributed by atoms with Gasteiger partial charge in [0.25, 0.3) is 0 Å². The van der Waals surface area contributed by atoms with E-state index in [-0.39, 0.29) is 0 Å². The Morgan fingerprint density at radius 3 is 2.89 bits per heavy atom. The maximum absolute atomic E-state index is 4.10. The Hall–Kier alpha value is -0.870. The molecule has 0 amide bonds. The van der Waals surface area contributed by atoms with Gasteiger partial charge in [-0.05, 0) is 45.1 Å². The Kier molecular flexibility index (Phi) is 4.18. The summed E-state index contributed by atoms with van der Waals surface area (Å²) in [6.07, 6.45) is 11.2. The van der Waals surface area contributed by atoms with Crippen LogP contribution in [0.15, 0.2) is 18.7 Å². The number of nitrogens with one attached hydrogen (secondary N) is 1. The van der Waals surface area contributed by atoms with Gasteiger partial charge in [-0.2, -0.15) is 0 Å². The smallest absolute Gasteiger partial charge is 0.0945 e. The van der Waals surface area contributed by atoms with Crippen LogP contribution in [0.4, 0.5) is 0 Å². The average Bonchev–Trinajstić information content (AvgIpc) is 3.15. The Morgan fingerprint density at radius 1 is 1.26 bits per heavy atom. The van der Waals surface area contributed by atoms with Gasteiger partial charge >= 0.3 is 0 Å². The van der Waals surface area contributed by atoms with Crippen LogP contribution in [0.2, 0.25) is 0 Å². The molecular weight excluding hydrogens is 236 g/mol. The minimum Gasteiger partial charge on any atom is -0.337 e. The normalized spacial score (nSPS) is 29.3. The van der Waals surface area contributed by atoms with Crippen LogP contribution in [0.25, 0.3) is 0 Å². The highest BCUT2D eigenvalue weighted by molar-refractivity contribution is 4.91. The molecule has 0 aromatic carbocycles. The third-order valence-corrected chi connectivity index (χ3v) is 4.64. The monoisotopic (exact) mass is 262 g/mol. The predicted octanol–water partition coefficient (Wildman–Crippen LogP) is 1.74. The van der Waals surface area contributed by atoms with Crippen molar-refractivity contribution in [2.75, 3.05) is 19.6 Å². The van der Waals surface area contributed by atoms with Crippen molar-refractivity contribution in [3.8, 4) is 0 Å². The van der Waals surface area contributed by atoms with Gasteiger partial charge < -0.3 is 9.88 Å². The first-order chi connectivity index (χ1) is 9.33. The molecule has 1 aromatic heterocycles. The summed E-state index contributed by atoms with van der Waals surface area (Å²) in [7, 11) is 0. The Bertz CT molecular complexity index is 372. The maximum atomic E-state index is 4.10. The van der Waals surface area contributed by atoms with E-state index in [1.807, 2.05) is 12.5 Å². The summed E-state index contributed by atoms with van der Waals surface area (Å²) >= 11 is 0. The second-order valence-electron chi connectivity index (χ2n) is 6.18. The molecule has 1 aromatic rings. The van der Waals surface area contributed by atoms with E-state index in [1.165, 1.54) is 45.3 Å². The van der Waals surface area contributed by atoms with Gasteiger partial charge in [0, 0.05) is 44.1 Å². The molecule has 2 fully saturated rings. The fraction of sp³-hybridized carbons (Fsp3) is 0.800. The summed E-state index contributed by atoms with van der Waals surface area (Å²) < 4.78 is 2.18. The Morgan fingerprint density at radius 2 is 2.16 bits per heavy atom. The number of imidazole rings is 1. The summed E-state index contributed by atoms with van der Waals surface area (Å²) in [4.78, 5) is 6.79. The zero-order valence-corrected chi connectivity index (χ0v) is 12.0. The van der Waals surface area contributed by atoms with Crippen molar-refractivity contribution in [1.29, 1.82) is 0 Å². The second-order valence-corrected chi connectivity index (χ2v) is 6.18. The molecule has 106 valence electrons. The van der Waals surface area contributed by atoms with Crippen LogP contribution in [0.1, 0.15) is 32.6 Å². The minimum atomic E-state index is 0.721. The molecule has 4 heteroatoms. The van der Waals surface area contributed by atoms with Gasteiger partial charge in [0.1, 0.15) is 0 Å². The summed E-state index contributed by atoms with van der Waals surface area (Å²) in [5.41, 5.74) is 0. The Labute approximate surface area is 116 Å². The molecule has 0 radical (unpaired) electrons. The zero-order valence-electron chi connectivity index (χ0n) is 12.0. The molecule has 4 nitrogen and oxygen atoms in total. The summed E-state index contributed by atoms with van der Waals surface area (Å²) in [5.74, 6) is 0.960. The molecule has 2 unspecified atom stereocenters. The highest BCUT2D eigenvalue weighted by Crippen LogP contribution is 2.34. The van der Waals surface area contributed by atoms with Crippen molar-refractivity contribution in [3.05, 3.63) is 18.7 Å². The molecule has 1 aliphatic heterocycles. The van der Waals surface area contributed by atoms with Crippen LogP contribution in [0.5, 0.6) is 0 Å². The molecule has 1 saturated heterocycles. The number of nitrogens with zero attached hydrogens (tertiary/aromatic N) is 3. The second kappa shape index (κ2) is 6.06. The number of aryl methyl sites for hydroxylation is 1. The maximum Gasteiger partial charge on any atom is 0.0945 e. The molecule has 0 bridgehead atoms. The van der Waals surface area contributed by atoms with E-state index in [9.17, 15) is 0 Å². The summed E-state index contributed by atoms with van der Waals surface area (Å²) in [6.45, 7) is 7.12. The van der Waals surface area contributed by atoms with Crippen molar-refractivity contribution in [2.45, 2.75) is 51.2 Å². The van der Waals surface area contributed by atoms with Crippen molar-refractivity contribution in [1.82, 2.24) is 19.8 Å². The molecule has 1 saturated carbocycles. The van der Waals surface area contributed by atoms with Crippen LogP contribution in [0.3, 0.4) is 0 Å². The lowest BCUT2D eigenvalue weighted by molar-refractivity contribution is 0.194. The lowest BCUT2D eigenvalue weighted by atomic mass is 10.1. The minimum absolute atomic E-state index is 0.721. The van der Waals surface area contributed by atoms with Gasteiger partial charge in [-0.25, -0.2) is 4.98 Å². The fourth-order valence-corrected chi connectivity index (χ4v) is 3.16. The topological polar surface area (TPSA) is 33.1 Å². The molecule has 19 heavy (non-hydrogen) atoms. The average molecular weight is 262 g/mol. The van der Waals surface area contributed by atoms with E-state index >= 15 is 0 Å². The third kappa shape index (κ3) is 3.57. The van der Waals surface area contributed by atoms with Crippen molar-refractivity contribution < 1.29 is 0 Å². The number of aromatic nitrogens is 2. The van der Waals surface area contributed by atoms with Gasteiger partial charge in [-0.3, -0.25) is 4.90 Å². The van der Waals surface area contributed by atoms with Gasteiger partial charge in [-0.15, -0.1) is 0 Å². The Balaban J connectivity index is 1.48. The first-order valence-electron chi connectivity index (χ1n) is 7.76. The summed E-state index contributed by atoms with van der Waals surface area (Å²) in [5, 5.41) is 3.75. The first-order valence-corrected chi connectivity index (χ1v) is 7.76. The largest absolute Gasteiger partial charge is 0.337 e. The molecular formula is C15H26N4. The molecule has 3 rings (SSSR count). The van der Waals surface area contributed by atoms with Gasteiger partial charge in [0.15, 0.2) is 0 Å². The molecule has 2 heterocycles. The van der Waals surface area contributed by atoms with Gasteiger partial charge in [-0.1, -0.05) is 0 Å². The standard InChI is InChI=1S/C15H26N4/c1-13-5-6-17-15(14-3-4-14)11-19(13)9-2-8-18-10-7-16-12-18/h7,10,12-15,17H,2-6,8-9,11H2,1H3. The lowest BCUT2D eigenvalue weighted by Gasteiger charge is -2.29. The predicted molar refractivity (Wildman–Crippen MR) is 77.0 cm³/mol. The van der Waals surface area contributed by atoms with E-state index in [2.05, 4.69) is 32.9 Å². The fourth-order valence-electron chi connectivity index (χ4n) is 3.16.